The molecule has 1 aromatic heterocycles. The second kappa shape index (κ2) is 6.56. The molecule has 0 N–H and O–H groups in total. The predicted octanol–water partition coefficient (Wildman–Crippen LogP) is 3.43. The standard InChI is InChI=1S/C17H18FNO3/c1-12-5-4-6-13(9-12)11-21-16(20)17(2,3)22-15-8-7-14(18)10-19-15/h4-10H,11H2,1-3H3. The molecule has 0 spiro atoms. The normalized spacial score (nSPS) is 11.1. The summed E-state index contributed by atoms with van der Waals surface area (Å²) in [6, 6.07) is 10.3. The first-order valence-electron chi connectivity index (χ1n) is 6.90. The largest absolute Gasteiger partial charge is 0.460 e. The van der Waals surface area contributed by atoms with Crippen LogP contribution in [0.15, 0.2) is 42.6 Å². The molecule has 0 fully saturated rings. The highest BCUT2D eigenvalue weighted by molar-refractivity contribution is 5.79. The average molecular weight is 303 g/mol. The Bertz CT molecular complexity index is 653. The SMILES string of the molecule is Cc1cccc(COC(=O)C(C)(C)Oc2ccc(F)cn2)c1. The van der Waals surface area contributed by atoms with Crippen LogP contribution in [-0.2, 0) is 16.1 Å². The third-order valence-corrected chi connectivity index (χ3v) is 3.00. The van der Waals surface area contributed by atoms with Gasteiger partial charge in [0.25, 0.3) is 0 Å². The Balaban J connectivity index is 1.96. The van der Waals surface area contributed by atoms with E-state index in [1.165, 1.54) is 12.1 Å². The Morgan fingerprint density at radius 3 is 2.68 bits per heavy atom. The van der Waals surface area contributed by atoms with E-state index in [2.05, 4.69) is 4.98 Å². The average Bonchev–Trinajstić information content (AvgIpc) is 2.47. The van der Waals surface area contributed by atoms with Crippen LogP contribution in [0.3, 0.4) is 0 Å². The maximum Gasteiger partial charge on any atom is 0.350 e. The molecule has 0 atom stereocenters. The molecule has 1 heterocycles. The van der Waals surface area contributed by atoms with Gasteiger partial charge in [-0.2, -0.15) is 0 Å². The lowest BCUT2D eigenvalue weighted by Gasteiger charge is -2.23. The number of hydrogen-bond donors (Lipinski definition) is 0. The number of carbonyl (C=O) groups is 1. The van der Waals surface area contributed by atoms with Crippen LogP contribution in [0.5, 0.6) is 5.88 Å². The Labute approximate surface area is 128 Å². The fourth-order valence-electron chi connectivity index (χ4n) is 1.85. The zero-order chi connectivity index (χ0) is 16.2. The number of nitrogens with zero attached hydrogens (tertiary/aromatic N) is 1. The minimum Gasteiger partial charge on any atom is -0.460 e. The van der Waals surface area contributed by atoms with E-state index in [0.717, 1.165) is 17.3 Å². The molecule has 1 aromatic carbocycles. The summed E-state index contributed by atoms with van der Waals surface area (Å²) in [4.78, 5) is 15.9. The lowest BCUT2D eigenvalue weighted by atomic mass is 10.1. The van der Waals surface area contributed by atoms with Crippen molar-refractivity contribution in [1.29, 1.82) is 0 Å². The van der Waals surface area contributed by atoms with Crippen LogP contribution >= 0.6 is 0 Å². The number of hydrogen-bond acceptors (Lipinski definition) is 4. The smallest absolute Gasteiger partial charge is 0.350 e. The molecule has 0 unspecified atom stereocenters. The third-order valence-electron chi connectivity index (χ3n) is 3.00. The van der Waals surface area contributed by atoms with E-state index < -0.39 is 17.4 Å². The van der Waals surface area contributed by atoms with Gasteiger partial charge in [0.15, 0.2) is 0 Å². The van der Waals surface area contributed by atoms with E-state index >= 15 is 0 Å². The predicted molar refractivity (Wildman–Crippen MR) is 79.9 cm³/mol. The zero-order valence-electron chi connectivity index (χ0n) is 12.8. The maximum atomic E-state index is 12.8. The molecule has 0 saturated heterocycles. The molecule has 0 aliphatic carbocycles. The molecule has 22 heavy (non-hydrogen) atoms. The van der Waals surface area contributed by atoms with E-state index in [4.69, 9.17) is 9.47 Å². The van der Waals surface area contributed by atoms with Crippen LogP contribution in [0.25, 0.3) is 0 Å². The second-order valence-corrected chi connectivity index (χ2v) is 5.49. The van der Waals surface area contributed by atoms with Gasteiger partial charge in [-0.3, -0.25) is 0 Å². The van der Waals surface area contributed by atoms with Crippen molar-refractivity contribution in [1.82, 2.24) is 4.98 Å². The molecule has 0 radical (unpaired) electrons. The molecular formula is C17H18FNO3. The van der Waals surface area contributed by atoms with Crippen molar-refractivity contribution in [2.75, 3.05) is 0 Å². The van der Waals surface area contributed by atoms with Crippen LogP contribution in [-0.4, -0.2) is 16.6 Å². The fourth-order valence-corrected chi connectivity index (χ4v) is 1.85. The van der Waals surface area contributed by atoms with Crippen molar-refractivity contribution in [2.24, 2.45) is 0 Å². The van der Waals surface area contributed by atoms with Crippen molar-refractivity contribution in [3.05, 3.63) is 59.5 Å². The van der Waals surface area contributed by atoms with Gasteiger partial charge >= 0.3 is 5.97 Å². The second-order valence-electron chi connectivity index (χ2n) is 5.49. The van der Waals surface area contributed by atoms with E-state index in [1.54, 1.807) is 13.8 Å². The van der Waals surface area contributed by atoms with Crippen LogP contribution in [0.4, 0.5) is 4.39 Å². The van der Waals surface area contributed by atoms with Crippen LogP contribution < -0.4 is 4.74 Å². The first-order valence-corrected chi connectivity index (χ1v) is 6.90. The monoisotopic (exact) mass is 303 g/mol. The number of rotatable bonds is 5. The molecule has 0 bridgehead atoms. The summed E-state index contributed by atoms with van der Waals surface area (Å²) in [5, 5.41) is 0. The third kappa shape index (κ3) is 4.28. The number of aromatic nitrogens is 1. The van der Waals surface area contributed by atoms with Crippen LogP contribution in [0, 0.1) is 12.7 Å². The number of ether oxygens (including phenoxy) is 2. The summed E-state index contributed by atoms with van der Waals surface area (Å²) in [6.45, 7) is 5.30. The van der Waals surface area contributed by atoms with Gasteiger partial charge in [-0.15, -0.1) is 0 Å². The minimum atomic E-state index is -1.21. The molecule has 2 aromatic rings. The van der Waals surface area contributed by atoms with Crippen molar-refractivity contribution < 1.29 is 18.7 Å². The topological polar surface area (TPSA) is 48.4 Å². The van der Waals surface area contributed by atoms with E-state index in [0.29, 0.717) is 0 Å². The molecule has 116 valence electrons. The molecule has 2 rings (SSSR count). The summed E-state index contributed by atoms with van der Waals surface area (Å²) >= 11 is 0. The van der Waals surface area contributed by atoms with E-state index in [1.807, 2.05) is 31.2 Å². The van der Waals surface area contributed by atoms with E-state index in [-0.39, 0.29) is 12.5 Å². The Kier molecular flexibility index (Phi) is 4.75. The molecule has 5 heteroatoms. The number of benzene rings is 1. The Morgan fingerprint density at radius 2 is 2.05 bits per heavy atom. The molecule has 0 aliphatic rings. The van der Waals surface area contributed by atoms with Gasteiger partial charge in [0.1, 0.15) is 12.4 Å². The summed E-state index contributed by atoms with van der Waals surface area (Å²) in [6.07, 6.45) is 1.03. The summed E-state index contributed by atoms with van der Waals surface area (Å²) in [5.74, 6) is -0.814. The molecule has 0 saturated carbocycles. The Hall–Kier alpha value is -2.43. The van der Waals surface area contributed by atoms with Gasteiger partial charge in [0.05, 0.1) is 6.20 Å². The number of aryl methyl sites for hydroxylation is 1. The first kappa shape index (κ1) is 15.9. The van der Waals surface area contributed by atoms with Crippen molar-refractivity contribution in [2.45, 2.75) is 33.0 Å². The molecule has 0 aliphatic heterocycles. The first-order chi connectivity index (χ1) is 10.4. The highest BCUT2D eigenvalue weighted by Gasteiger charge is 2.32. The van der Waals surface area contributed by atoms with Gasteiger partial charge in [0.2, 0.25) is 11.5 Å². The maximum absolute atomic E-state index is 12.8. The number of pyridine rings is 1. The minimum absolute atomic E-state index is 0.166. The highest BCUT2D eigenvalue weighted by Crippen LogP contribution is 2.18. The summed E-state index contributed by atoms with van der Waals surface area (Å²) < 4.78 is 23.6. The van der Waals surface area contributed by atoms with Crippen LogP contribution in [0.2, 0.25) is 0 Å². The van der Waals surface area contributed by atoms with Gasteiger partial charge < -0.3 is 9.47 Å². The van der Waals surface area contributed by atoms with Gasteiger partial charge in [0, 0.05) is 6.07 Å². The quantitative estimate of drug-likeness (QED) is 0.794. The van der Waals surface area contributed by atoms with Gasteiger partial charge in [-0.25, -0.2) is 14.2 Å². The molecular weight excluding hydrogens is 285 g/mol. The lowest BCUT2D eigenvalue weighted by molar-refractivity contribution is -0.160. The van der Waals surface area contributed by atoms with Crippen LogP contribution in [0.1, 0.15) is 25.0 Å². The summed E-state index contributed by atoms with van der Waals surface area (Å²) in [7, 11) is 0. The van der Waals surface area contributed by atoms with Crippen molar-refractivity contribution in [3.8, 4) is 5.88 Å². The van der Waals surface area contributed by atoms with Crippen molar-refractivity contribution in [3.63, 3.8) is 0 Å². The fraction of sp³-hybridized carbons (Fsp3) is 0.294. The van der Waals surface area contributed by atoms with E-state index in [9.17, 15) is 9.18 Å². The number of carbonyl (C=O) groups excluding carboxylic acids is 1. The van der Waals surface area contributed by atoms with Gasteiger partial charge in [-0.05, 0) is 32.4 Å². The number of halogens is 1. The Morgan fingerprint density at radius 1 is 1.27 bits per heavy atom. The number of esters is 1. The molecule has 0 amide bonds. The highest BCUT2D eigenvalue weighted by atomic mass is 19.1. The summed E-state index contributed by atoms with van der Waals surface area (Å²) in [5.41, 5.74) is 0.790. The van der Waals surface area contributed by atoms with Gasteiger partial charge in [-0.1, -0.05) is 29.8 Å². The zero-order valence-corrected chi connectivity index (χ0v) is 12.8. The van der Waals surface area contributed by atoms with Crippen molar-refractivity contribution >= 4 is 5.97 Å². The lowest BCUT2D eigenvalue weighted by Crippen LogP contribution is -2.39. The molecule has 4 nitrogen and oxygen atoms in total.